The van der Waals surface area contributed by atoms with Crippen molar-refractivity contribution in [3.63, 3.8) is 0 Å². The van der Waals surface area contributed by atoms with Gasteiger partial charge in [0.1, 0.15) is 5.76 Å². The summed E-state index contributed by atoms with van der Waals surface area (Å²) in [7, 11) is 0. The Labute approximate surface area is 96.8 Å². The smallest absolute Gasteiger partial charge is 0.114 e. The first-order chi connectivity index (χ1) is 7.34. The maximum atomic E-state index is 5.23. The summed E-state index contributed by atoms with van der Waals surface area (Å²) >= 11 is 1.86. The highest BCUT2D eigenvalue weighted by molar-refractivity contribution is 7.99. The molecule has 0 amide bonds. The number of rotatable bonds is 8. The number of hydrogen-bond acceptors (Lipinski definition) is 3. The van der Waals surface area contributed by atoms with E-state index in [1.165, 1.54) is 24.2 Å². The Morgan fingerprint density at radius 2 is 2.20 bits per heavy atom. The van der Waals surface area contributed by atoms with E-state index < -0.39 is 0 Å². The molecule has 0 bridgehead atoms. The molecule has 1 aromatic rings. The Bertz CT molecular complexity index is 260. The maximum absolute atomic E-state index is 5.23. The average Bonchev–Trinajstić information content (AvgIpc) is 2.63. The molecule has 0 fully saturated rings. The summed E-state index contributed by atoms with van der Waals surface area (Å²) in [4.78, 5) is 1.27. The van der Waals surface area contributed by atoms with Crippen molar-refractivity contribution in [2.75, 3.05) is 18.8 Å². The molecule has 3 heteroatoms. The molecule has 0 aliphatic heterocycles. The van der Waals surface area contributed by atoms with Crippen LogP contribution in [0.3, 0.4) is 0 Å². The Hall–Kier alpha value is -0.410. The monoisotopic (exact) mass is 227 g/mol. The first-order valence-electron chi connectivity index (χ1n) is 5.72. The lowest BCUT2D eigenvalue weighted by molar-refractivity contribution is 0.527. The average molecular weight is 227 g/mol. The van der Waals surface area contributed by atoms with E-state index in [0.717, 1.165) is 24.6 Å². The van der Waals surface area contributed by atoms with Gasteiger partial charge in [0.15, 0.2) is 0 Å². The number of hydrogen-bond donors (Lipinski definition) is 1. The molecule has 1 aromatic heterocycles. The largest absolute Gasteiger partial charge is 0.468 e. The van der Waals surface area contributed by atoms with E-state index >= 15 is 0 Å². The molecule has 0 radical (unpaired) electrons. The number of unbranched alkanes of at least 4 members (excludes halogenated alkanes) is 2. The highest BCUT2D eigenvalue weighted by Crippen LogP contribution is 2.22. The van der Waals surface area contributed by atoms with Gasteiger partial charge in [-0.25, -0.2) is 0 Å². The number of thioether (sulfide) groups is 1. The first kappa shape index (κ1) is 12.7. The number of furan rings is 1. The van der Waals surface area contributed by atoms with Crippen LogP contribution >= 0.6 is 11.8 Å². The van der Waals surface area contributed by atoms with Crippen molar-refractivity contribution in [3.8, 4) is 0 Å². The van der Waals surface area contributed by atoms with E-state index in [0.29, 0.717) is 0 Å². The van der Waals surface area contributed by atoms with E-state index in [9.17, 15) is 0 Å². The van der Waals surface area contributed by atoms with Crippen LogP contribution in [0.4, 0.5) is 0 Å². The van der Waals surface area contributed by atoms with Crippen molar-refractivity contribution in [3.05, 3.63) is 18.1 Å². The molecule has 0 aliphatic rings. The van der Waals surface area contributed by atoms with Gasteiger partial charge in [-0.2, -0.15) is 0 Å². The van der Waals surface area contributed by atoms with E-state index in [4.69, 9.17) is 4.42 Å². The van der Waals surface area contributed by atoms with Gasteiger partial charge in [0.05, 0.1) is 6.26 Å². The SMILES string of the molecule is CCCCCNCCSc1ccoc1C. The Morgan fingerprint density at radius 3 is 2.87 bits per heavy atom. The van der Waals surface area contributed by atoms with Crippen molar-refractivity contribution in [2.45, 2.75) is 38.0 Å². The Kier molecular flexibility index (Phi) is 6.60. The third kappa shape index (κ3) is 5.28. The van der Waals surface area contributed by atoms with Crippen LogP contribution < -0.4 is 5.32 Å². The van der Waals surface area contributed by atoms with Crippen LogP contribution in [0.25, 0.3) is 0 Å². The second kappa shape index (κ2) is 7.83. The van der Waals surface area contributed by atoms with Gasteiger partial charge < -0.3 is 9.73 Å². The zero-order valence-electron chi connectivity index (χ0n) is 9.71. The molecule has 0 aromatic carbocycles. The normalized spacial score (nSPS) is 10.8. The molecule has 86 valence electrons. The summed E-state index contributed by atoms with van der Waals surface area (Å²) < 4.78 is 5.23. The van der Waals surface area contributed by atoms with Gasteiger partial charge in [-0.3, -0.25) is 0 Å². The molecule has 0 unspecified atom stereocenters. The van der Waals surface area contributed by atoms with Gasteiger partial charge >= 0.3 is 0 Å². The molecule has 0 aliphatic carbocycles. The van der Waals surface area contributed by atoms with Crippen molar-refractivity contribution in [2.24, 2.45) is 0 Å². The third-order valence-electron chi connectivity index (χ3n) is 2.30. The lowest BCUT2D eigenvalue weighted by Gasteiger charge is -2.03. The van der Waals surface area contributed by atoms with Crippen LogP contribution in [0.1, 0.15) is 31.9 Å². The molecule has 0 atom stereocenters. The van der Waals surface area contributed by atoms with Crippen LogP contribution in [-0.2, 0) is 0 Å². The molecule has 2 nitrogen and oxygen atoms in total. The number of nitrogens with one attached hydrogen (secondary N) is 1. The summed E-state index contributed by atoms with van der Waals surface area (Å²) in [5, 5.41) is 3.45. The molecule has 15 heavy (non-hydrogen) atoms. The Balaban J connectivity index is 1.96. The highest BCUT2D eigenvalue weighted by Gasteiger charge is 2.00. The second-order valence-electron chi connectivity index (χ2n) is 3.65. The molecule has 1 N–H and O–H groups in total. The predicted molar refractivity (Wildman–Crippen MR) is 66.6 cm³/mol. The topological polar surface area (TPSA) is 25.2 Å². The van der Waals surface area contributed by atoms with Gasteiger partial charge in [0.25, 0.3) is 0 Å². The number of aryl methyl sites for hydroxylation is 1. The molecule has 1 rings (SSSR count). The van der Waals surface area contributed by atoms with Crippen LogP contribution in [-0.4, -0.2) is 18.8 Å². The Morgan fingerprint density at radius 1 is 1.33 bits per heavy atom. The fourth-order valence-corrected chi connectivity index (χ4v) is 2.25. The second-order valence-corrected chi connectivity index (χ2v) is 4.78. The van der Waals surface area contributed by atoms with Crippen LogP contribution in [0.15, 0.2) is 21.6 Å². The summed E-state index contributed by atoms with van der Waals surface area (Å²) in [6.07, 6.45) is 5.68. The molecule has 1 heterocycles. The van der Waals surface area contributed by atoms with E-state index in [2.05, 4.69) is 12.2 Å². The minimum Gasteiger partial charge on any atom is -0.468 e. The van der Waals surface area contributed by atoms with Crippen LogP contribution in [0, 0.1) is 6.92 Å². The van der Waals surface area contributed by atoms with Gasteiger partial charge in [0.2, 0.25) is 0 Å². The molecule has 0 spiro atoms. The van der Waals surface area contributed by atoms with Crippen LogP contribution in [0.5, 0.6) is 0 Å². The third-order valence-corrected chi connectivity index (χ3v) is 3.45. The molecule has 0 saturated carbocycles. The van der Waals surface area contributed by atoms with Crippen molar-refractivity contribution < 1.29 is 4.42 Å². The van der Waals surface area contributed by atoms with Gasteiger partial charge in [-0.1, -0.05) is 19.8 Å². The zero-order chi connectivity index (χ0) is 10.9. The van der Waals surface area contributed by atoms with Gasteiger partial charge in [0, 0.05) is 17.2 Å². The van der Waals surface area contributed by atoms with Gasteiger partial charge in [-0.15, -0.1) is 11.8 Å². The summed E-state index contributed by atoms with van der Waals surface area (Å²) in [6, 6.07) is 2.04. The quantitative estimate of drug-likeness (QED) is 0.544. The predicted octanol–water partition coefficient (Wildman–Crippen LogP) is 3.46. The minimum absolute atomic E-state index is 1.03. The summed E-state index contributed by atoms with van der Waals surface area (Å²) in [5.41, 5.74) is 0. The minimum atomic E-state index is 1.03. The fourth-order valence-electron chi connectivity index (χ4n) is 1.38. The van der Waals surface area contributed by atoms with Crippen LogP contribution in [0.2, 0.25) is 0 Å². The lowest BCUT2D eigenvalue weighted by Crippen LogP contribution is -2.18. The molecule has 0 saturated heterocycles. The standard InChI is InChI=1S/C12H21NOS/c1-3-4-5-7-13-8-10-15-12-6-9-14-11(12)2/h6,9,13H,3-5,7-8,10H2,1-2H3. The van der Waals surface area contributed by atoms with E-state index in [1.54, 1.807) is 6.26 Å². The highest BCUT2D eigenvalue weighted by atomic mass is 32.2. The van der Waals surface area contributed by atoms with Gasteiger partial charge in [-0.05, 0) is 26.0 Å². The lowest BCUT2D eigenvalue weighted by atomic mass is 10.2. The first-order valence-corrected chi connectivity index (χ1v) is 6.70. The molecular formula is C12H21NOS. The van der Waals surface area contributed by atoms with E-state index in [-0.39, 0.29) is 0 Å². The maximum Gasteiger partial charge on any atom is 0.114 e. The van der Waals surface area contributed by atoms with Crippen molar-refractivity contribution in [1.82, 2.24) is 5.32 Å². The molecular weight excluding hydrogens is 206 g/mol. The summed E-state index contributed by atoms with van der Waals surface area (Å²) in [5.74, 6) is 2.15. The fraction of sp³-hybridized carbons (Fsp3) is 0.667. The van der Waals surface area contributed by atoms with Crippen molar-refractivity contribution in [1.29, 1.82) is 0 Å². The van der Waals surface area contributed by atoms with E-state index in [1.807, 2.05) is 24.8 Å². The van der Waals surface area contributed by atoms with Crippen molar-refractivity contribution >= 4 is 11.8 Å². The summed E-state index contributed by atoms with van der Waals surface area (Å²) in [6.45, 7) is 6.48. The zero-order valence-corrected chi connectivity index (χ0v) is 10.5.